The van der Waals surface area contributed by atoms with Crippen molar-refractivity contribution >= 4 is 5.97 Å². The molecule has 0 fully saturated rings. The average molecular weight is 332 g/mol. The molecule has 0 heterocycles. The summed E-state index contributed by atoms with van der Waals surface area (Å²) in [5.41, 5.74) is 1.27. The molecule has 0 aliphatic rings. The number of hydrogen-bond donors (Lipinski definition) is 1. The van der Waals surface area contributed by atoms with Crippen molar-refractivity contribution in [3.63, 3.8) is 0 Å². The maximum absolute atomic E-state index is 14.4. The number of rotatable bonds is 5. The first-order valence-corrected chi connectivity index (χ1v) is 7.51. The number of esters is 1. The van der Waals surface area contributed by atoms with E-state index in [1.54, 1.807) is 30.3 Å². The molecule has 2 rings (SSSR count). The van der Waals surface area contributed by atoms with Crippen LogP contribution >= 0.6 is 0 Å². The van der Waals surface area contributed by atoms with Crippen LogP contribution in [0.5, 0.6) is 5.75 Å². The Labute approximate surface area is 140 Å². The molecule has 0 aliphatic carbocycles. The van der Waals surface area contributed by atoms with Gasteiger partial charge in [0.25, 0.3) is 0 Å². The van der Waals surface area contributed by atoms with Crippen LogP contribution in [0.2, 0.25) is 0 Å². The third-order valence-corrected chi connectivity index (χ3v) is 4.03. The predicted molar refractivity (Wildman–Crippen MR) is 89.8 cm³/mol. The molecule has 0 saturated heterocycles. The lowest BCUT2D eigenvalue weighted by atomic mass is 9.79. The molecule has 128 valence electrons. The number of aliphatic hydroxyl groups is 1. The van der Waals surface area contributed by atoms with Crippen molar-refractivity contribution in [3.8, 4) is 16.9 Å². The summed E-state index contributed by atoms with van der Waals surface area (Å²) in [6.45, 7) is 3.49. The summed E-state index contributed by atoms with van der Waals surface area (Å²) in [6.07, 6.45) is 0. The lowest BCUT2D eigenvalue weighted by Gasteiger charge is -2.26. The van der Waals surface area contributed by atoms with Crippen LogP contribution in [0.15, 0.2) is 36.4 Å². The molecule has 2 aromatic carbocycles. The molecule has 0 spiro atoms. The molecule has 0 atom stereocenters. The first kappa shape index (κ1) is 17.9. The van der Waals surface area contributed by atoms with Crippen molar-refractivity contribution in [2.24, 2.45) is 0 Å². The number of hydrogen-bond acceptors (Lipinski definition) is 4. The van der Waals surface area contributed by atoms with E-state index in [-0.39, 0.29) is 6.61 Å². The third-order valence-electron chi connectivity index (χ3n) is 4.03. The fourth-order valence-electron chi connectivity index (χ4n) is 2.51. The van der Waals surface area contributed by atoms with Gasteiger partial charge in [-0.25, -0.2) is 9.18 Å². The second-order valence-corrected chi connectivity index (χ2v) is 6.14. The van der Waals surface area contributed by atoms with Gasteiger partial charge in [-0.05, 0) is 41.5 Å². The van der Waals surface area contributed by atoms with E-state index in [1.807, 2.05) is 13.8 Å². The van der Waals surface area contributed by atoms with Crippen LogP contribution in [-0.2, 0) is 10.2 Å². The third kappa shape index (κ3) is 3.41. The van der Waals surface area contributed by atoms with Gasteiger partial charge in [0.15, 0.2) is 0 Å². The van der Waals surface area contributed by atoms with E-state index in [2.05, 4.69) is 0 Å². The number of carbonyl (C=O) groups is 1. The Kier molecular flexibility index (Phi) is 5.24. The Morgan fingerprint density at radius 2 is 1.83 bits per heavy atom. The Morgan fingerprint density at radius 1 is 1.12 bits per heavy atom. The van der Waals surface area contributed by atoms with Gasteiger partial charge in [0.2, 0.25) is 0 Å². The number of methoxy groups -OCH3 is 2. The standard InChI is InChI=1S/C19H21FO4/c1-19(2,11-21)16-9-12(18(22)24-4)5-7-14(16)15-10-13(23-3)6-8-17(15)20/h5-10,21H,11H2,1-4H3. The van der Waals surface area contributed by atoms with E-state index in [1.165, 1.54) is 20.3 Å². The molecule has 0 amide bonds. The zero-order chi connectivity index (χ0) is 17.9. The second kappa shape index (κ2) is 7.01. The smallest absolute Gasteiger partial charge is 0.337 e. The number of benzene rings is 2. The van der Waals surface area contributed by atoms with Gasteiger partial charge in [-0.2, -0.15) is 0 Å². The van der Waals surface area contributed by atoms with E-state index >= 15 is 0 Å². The molecule has 0 bridgehead atoms. The number of carbonyl (C=O) groups excluding carboxylic acids is 1. The molecule has 0 unspecified atom stereocenters. The summed E-state index contributed by atoms with van der Waals surface area (Å²) in [5, 5.41) is 9.74. The van der Waals surface area contributed by atoms with Crippen molar-refractivity contribution in [1.29, 1.82) is 0 Å². The van der Waals surface area contributed by atoms with Crippen molar-refractivity contribution in [1.82, 2.24) is 0 Å². The van der Waals surface area contributed by atoms with Crippen LogP contribution in [0.4, 0.5) is 4.39 Å². The zero-order valence-corrected chi connectivity index (χ0v) is 14.2. The molecule has 0 aromatic heterocycles. The van der Waals surface area contributed by atoms with E-state index in [4.69, 9.17) is 9.47 Å². The summed E-state index contributed by atoms with van der Waals surface area (Å²) in [5.74, 6) is -0.365. The Morgan fingerprint density at radius 3 is 2.42 bits per heavy atom. The molecule has 2 aromatic rings. The molecular weight excluding hydrogens is 311 g/mol. The highest BCUT2D eigenvalue weighted by molar-refractivity contribution is 5.91. The molecular formula is C19H21FO4. The summed E-state index contributed by atoms with van der Waals surface area (Å²) < 4.78 is 24.3. The first-order chi connectivity index (χ1) is 11.3. The van der Waals surface area contributed by atoms with E-state index in [0.717, 1.165) is 0 Å². The molecule has 1 N–H and O–H groups in total. The minimum absolute atomic E-state index is 0.157. The molecule has 0 saturated carbocycles. The zero-order valence-electron chi connectivity index (χ0n) is 14.2. The van der Waals surface area contributed by atoms with Crippen LogP contribution in [0.3, 0.4) is 0 Å². The average Bonchev–Trinajstić information content (AvgIpc) is 2.61. The van der Waals surface area contributed by atoms with Gasteiger partial charge in [0.1, 0.15) is 11.6 Å². The van der Waals surface area contributed by atoms with Gasteiger partial charge >= 0.3 is 5.97 Å². The number of aliphatic hydroxyl groups excluding tert-OH is 1. The number of halogens is 1. The minimum atomic E-state index is -0.672. The molecule has 0 aliphatic heterocycles. The van der Waals surface area contributed by atoms with Crippen LogP contribution in [0, 0.1) is 5.82 Å². The first-order valence-electron chi connectivity index (χ1n) is 7.51. The fourth-order valence-corrected chi connectivity index (χ4v) is 2.51. The Hall–Kier alpha value is -2.40. The van der Waals surface area contributed by atoms with Gasteiger partial charge in [0.05, 0.1) is 26.4 Å². The van der Waals surface area contributed by atoms with Crippen LogP contribution < -0.4 is 4.74 Å². The molecule has 24 heavy (non-hydrogen) atoms. The normalized spacial score (nSPS) is 11.2. The fraction of sp³-hybridized carbons (Fsp3) is 0.316. The van der Waals surface area contributed by atoms with Gasteiger partial charge in [-0.3, -0.25) is 0 Å². The van der Waals surface area contributed by atoms with Crippen LogP contribution in [0.25, 0.3) is 11.1 Å². The van der Waals surface area contributed by atoms with Gasteiger partial charge in [-0.1, -0.05) is 19.9 Å². The highest BCUT2D eigenvalue weighted by Gasteiger charge is 2.26. The molecule has 5 heteroatoms. The summed E-state index contributed by atoms with van der Waals surface area (Å²) in [4.78, 5) is 11.8. The quantitative estimate of drug-likeness (QED) is 0.851. The second-order valence-electron chi connectivity index (χ2n) is 6.14. The number of ether oxygens (including phenoxy) is 2. The SMILES string of the molecule is COC(=O)c1ccc(-c2cc(OC)ccc2F)c(C(C)(C)CO)c1. The molecule has 4 nitrogen and oxygen atoms in total. The van der Waals surface area contributed by atoms with E-state index in [0.29, 0.717) is 28.0 Å². The predicted octanol–water partition coefficient (Wildman–Crippen LogP) is 3.56. The van der Waals surface area contributed by atoms with Crippen molar-refractivity contribution in [3.05, 3.63) is 53.3 Å². The summed E-state index contributed by atoms with van der Waals surface area (Å²) in [7, 11) is 2.81. The summed E-state index contributed by atoms with van der Waals surface area (Å²) in [6, 6.07) is 9.35. The molecule has 0 radical (unpaired) electrons. The van der Waals surface area contributed by atoms with E-state index in [9.17, 15) is 14.3 Å². The topological polar surface area (TPSA) is 55.8 Å². The van der Waals surface area contributed by atoms with Crippen molar-refractivity contribution in [2.75, 3.05) is 20.8 Å². The lowest BCUT2D eigenvalue weighted by molar-refractivity contribution is 0.0600. The largest absolute Gasteiger partial charge is 0.497 e. The van der Waals surface area contributed by atoms with Gasteiger partial charge < -0.3 is 14.6 Å². The lowest BCUT2D eigenvalue weighted by Crippen LogP contribution is -2.24. The van der Waals surface area contributed by atoms with Gasteiger partial charge in [-0.15, -0.1) is 0 Å². The highest BCUT2D eigenvalue weighted by atomic mass is 19.1. The van der Waals surface area contributed by atoms with Crippen molar-refractivity contribution in [2.45, 2.75) is 19.3 Å². The Balaban J connectivity index is 2.72. The summed E-state index contributed by atoms with van der Waals surface area (Å²) >= 11 is 0. The minimum Gasteiger partial charge on any atom is -0.497 e. The van der Waals surface area contributed by atoms with Crippen molar-refractivity contribution < 1.29 is 23.8 Å². The van der Waals surface area contributed by atoms with Gasteiger partial charge in [0, 0.05) is 11.0 Å². The highest BCUT2D eigenvalue weighted by Crippen LogP contribution is 2.36. The monoisotopic (exact) mass is 332 g/mol. The van der Waals surface area contributed by atoms with Crippen LogP contribution in [-0.4, -0.2) is 31.9 Å². The maximum atomic E-state index is 14.4. The van der Waals surface area contributed by atoms with Crippen LogP contribution in [0.1, 0.15) is 29.8 Å². The van der Waals surface area contributed by atoms with E-state index < -0.39 is 17.2 Å². The Bertz CT molecular complexity index is 753. The maximum Gasteiger partial charge on any atom is 0.337 e.